The molecule has 34 heavy (non-hydrogen) atoms. The zero-order chi connectivity index (χ0) is 23.5. The molecule has 0 aliphatic carbocycles. The maximum absolute atomic E-state index is 13.5. The lowest BCUT2D eigenvalue weighted by Crippen LogP contribution is -2.32. The number of benzene rings is 3. The molecule has 1 N–H and O–H groups in total. The number of imide groups is 1. The SMILES string of the molecule is COc1ccc(N2C(=O)C(Nc3ccc(N4CCCCC4)cc3)=C(c3ccccc3)C2=O)cc1. The monoisotopic (exact) mass is 453 g/mol. The number of ether oxygens (including phenoxy) is 1. The lowest BCUT2D eigenvalue weighted by atomic mass is 10.0. The molecule has 0 atom stereocenters. The van der Waals surface area contributed by atoms with Crippen LogP contribution < -0.4 is 19.9 Å². The molecule has 6 heteroatoms. The molecule has 5 rings (SSSR count). The Bertz CT molecular complexity index is 1210. The van der Waals surface area contributed by atoms with Crippen LogP contribution in [-0.2, 0) is 9.59 Å². The fourth-order valence-electron chi connectivity index (χ4n) is 4.54. The Morgan fingerprint density at radius 2 is 1.38 bits per heavy atom. The van der Waals surface area contributed by atoms with Gasteiger partial charge in [0.05, 0.1) is 18.4 Å². The number of carbonyl (C=O) groups is 2. The average molecular weight is 454 g/mol. The van der Waals surface area contributed by atoms with Crippen molar-refractivity contribution in [3.63, 3.8) is 0 Å². The number of nitrogens with zero attached hydrogens (tertiary/aromatic N) is 2. The smallest absolute Gasteiger partial charge is 0.282 e. The molecule has 0 unspecified atom stereocenters. The summed E-state index contributed by atoms with van der Waals surface area (Å²) in [6, 6.07) is 24.3. The molecule has 2 aliphatic heterocycles. The lowest BCUT2D eigenvalue weighted by molar-refractivity contribution is -0.120. The van der Waals surface area contributed by atoms with E-state index in [9.17, 15) is 9.59 Å². The topological polar surface area (TPSA) is 61.9 Å². The summed E-state index contributed by atoms with van der Waals surface area (Å²) in [7, 11) is 1.58. The van der Waals surface area contributed by atoms with Crippen molar-refractivity contribution in [1.29, 1.82) is 0 Å². The van der Waals surface area contributed by atoms with Gasteiger partial charge in [-0.05, 0) is 73.4 Å². The second-order valence-electron chi connectivity index (χ2n) is 8.48. The van der Waals surface area contributed by atoms with E-state index in [0.29, 0.717) is 22.6 Å². The van der Waals surface area contributed by atoms with Crippen molar-refractivity contribution in [2.75, 3.05) is 35.3 Å². The van der Waals surface area contributed by atoms with Crippen LogP contribution in [0.2, 0.25) is 0 Å². The van der Waals surface area contributed by atoms with E-state index in [4.69, 9.17) is 4.74 Å². The van der Waals surface area contributed by atoms with E-state index in [-0.39, 0.29) is 17.5 Å². The summed E-state index contributed by atoms with van der Waals surface area (Å²) >= 11 is 0. The standard InChI is InChI=1S/C28H27N3O3/c1-34-24-16-14-23(15-17-24)31-27(32)25(20-8-4-2-5-9-20)26(28(31)33)29-21-10-12-22(13-11-21)30-18-6-3-7-19-30/h2,4-5,8-17,29H,3,6-7,18-19H2,1H3. The van der Waals surface area contributed by atoms with Gasteiger partial charge >= 0.3 is 0 Å². The van der Waals surface area contributed by atoms with Gasteiger partial charge in [-0.3, -0.25) is 9.59 Å². The quantitative estimate of drug-likeness (QED) is 0.527. The van der Waals surface area contributed by atoms with Gasteiger partial charge in [-0.1, -0.05) is 30.3 Å². The number of carbonyl (C=O) groups excluding carboxylic acids is 2. The van der Waals surface area contributed by atoms with E-state index in [1.807, 2.05) is 42.5 Å². The largest absolute Gasteiger partial charge is 0.497 e. The first-order valence-electron chi connectivity index (χ1n) is 11.6. The Morgan fingerprint density at radius 1 is 0.735 bits per heavy atom. The minimum Gasteiger partial charge on any atom is -0.497 e. The molecule has 6 nitrogen and oxygen atoms in total. The summed E-state index contributed by atoms with van der Waals surface area (Å²) in [5.74, 6) is -0.0749. The normalized spacial score (nSPS) is 16.3. The van der Waals surface area contributed by atoms with Crippen molar-refractivity contribution in [1.82, 2.24) is 0 Å². The Hall–Kier alpha value is -4.06. The highest BCUT2D eigenvalue weighted by atomic mass is 16.5. The van der Waals surface area contributed by atoms with Crippen molar-refractivity contribution in [2.24, 2.45) is 0 Å². The van der Waals surface area contributed by atoms with Crippen molar-refractivity contribution >= 4 is 34.4 Å². The molecule has 0 spiro atoms. The number of amides is 2. The fourth-order valence-corrected chi connectivity index (χ4v) is 4.54. The van der Waals surface area contributed by atoms with Gasteiger partial charge < -0.3 is 15.0 Å². The molecule has 2 aliphatic rings. The van der Waals surface area contributed by atoms with Crippen LogP contribution >= 0.6 is 0 Å². The minimum atomic E-state index is -0.380. The van der Waals surface area contributed by atoms with Gasteiger partial charge in [-0.25, -0.2) is 4.90 Å². The van der Waals surface area contributed by atoms with Crippen LogP contribution in [0.25, 0.3) is 5.57 Å². The first-order chi connectivity index (χ1) is 16.7. The molecular formula is C28H27N3O3. The van der Waals surface area contributed by atoms with E-state index < -0.39 is 0 Å². The number of methoxy groups -OCH3 is 1. The molecule has 3 aromatic rings. The molecular weight excluding hydrogens is 426 g/mol. The third kappa shape index (κ3) is 4.15. The lowest BCUT2D eigenvalue weighted by Gasteiger charge is -2.28. The molecule has 2 heterocycles. The van der Waals surface area contributed by atoms with Gasteiger partial charge in [-0.2, -0.15) is 0 Å². The van der Waals surface area contributed by atoms with Crippen molar-refractivity contribution in [3.05, 3.63) is 90.1 Å². The van der Waals surface area contributed by atoms with Crippen LogP contribution in [0.5, 0.6) is 5.75 Å². The maximum Gasteiger partial charge on any atom is 0.282 e. The van der Waals surface area contributed by atoms with Gasteiger partial charge in [0, 0.05) is 24.5 Å². The number of nitrogens with one attached hydrogen (secondary N) is 1. The summed E-state index contributed by atoms with van der Waals surface area (Å²) in [5.41, 5.74) is 3.78. The van der Waals surface area contributed by atoms with E-state index in [1.54, 1.807) is 31.4 Å². The van der Waals surface area contributed by atoms with E-state index >= 15 is 0 Å². The van der Waals surface area contributed by atoms with Gasteiger partial charge in [0.1, 0.15) is 11.4 Å². The van der Waals surface area contributed by atoms with Gasteiger partial charge in [0.25, 0.3) is 11.8 Å². The molecule has 0 bridgehead atoms. The third-order valence-electron chi connectivity index (χ3n) is 6.33. The fraction of sp³-hybridized carbons (Fsp3) is 0.214. The predicted molar refractivity (Wildman–Crippen MR) is 135 cm³/mol. The second kappa shape index (κ2) is 9.43. The van der Waals surface area contributed by atoms with Crippen LogP contribution in [0, 0.1) is 0 Å². The Balaban J connectivity index is 1.47. The Labute approximate surface area is 199 Å². The Kier molecular flexibility index (Phi) is 6.04. The van der Waals surface area contributed by atoms with E-state index in [2.05, 4.69) is 22.3 Å². The van der Waals surface area contributed by atoms with Crippen LogP contribution in [-0.4, -0.2) is 32.0 Å². The Morgan fingerprint density at radius 3 is 2.03 bits per heavy atom. The number of rotatable bonds is 6. The van der Waals surface area contributed by atoms with Crippen LogP contribution in [0.15, 0.2) is 84.6 Å². The average Bonchev–Trinajstić information content (AvgIpc) is 3.14. The first-order valence-corrected chi connectivity index (χ1v) is 11.6. The molecule has 172 valence electrons. The van der Waals surface area contributed by atoms with Gasteiger partial charge in [0.2, 0.25) is 0 Å². The number of hydrogen-bond donors (Lipinski definition) is 1. The highest BCUT2D eigenvalue weighted by molar-refractivity contribution is 6.46. The molecule has 1 fully saturated rings. The summed E-state index contributed by atoms with van der Waals surface area (Å²) < 4.78 is 5.21. The molecule has 0 aromatic heterocycles. The summed E-state index contributed by atoms with van der Waals surface area (Å²) in [5, 5.41) is 3.25. The predicted octanol–water partition coefficient (Wildman–Crippen LogP) is 5.08. The zero-order valence-electron chi connectivity index (χ0n) is 19.2. The summed E-state index contributed by atoms with van der Waals surface area (Å²) in [4.78, 5) is 30.6. The number of piperidine rings is 1. The molecule has 0 radical (unpaired) electrons. The molecule has 3 aromatic carbocycles. The van der Waals surface area contributed by atoms with Crippen LogP contribution in [0.1, 0.15) is 24.8 Å². The van der Waals surface area contributed by atoms with Gasteiger partial charge in [0.15, 0.2) is 0 Å². The van der Waals surface area contributed by atoms with Crippen LogP contribution in [0.4, 0.5) is 17.1 Å². The minimum absolute atomic E-state index is 0.276. The maximum atomic E-state index is 13.5. The van der Waals surface area contributed by atoms with Crippen LogP contribution in [0.3, 0.4) is 0 Å². The van der Waals surface area contributed by atoms with Crippen molar-refractivity contribution < 1.29 is 14.3 Å². The first kappa shape index (κ1) is 21.8. The highest BCUT2D eigenvalue weighted by Gasteiger charge is 2.40. The van der Waals surface area contributed by atoms with E-state index in [0.717, 1.165) is 18.8 Å². The van der Waals surface area contributed by atoms with Crippen molar-refractivity contribution in [3.8, 4) is 5.75 Å². The second-order valence-corrected chi connectivity index (χ2v) is 8.48. The molecule has 0 saturated carbocycles. The highest BCUT2D eigenvalue weighted by Crippen LogP contribution is 2.34. The van der Waals surface area contributed by atoms with E-state index in [1.165, 1.54) is 29.8 Å². The zero-order valence-corrected chi connectivity index (χ0v) is 19.2. The third-order valence-corrected chi connectivity index (χ3v) is 6.33. The number of anilines is 3. The molecule has 1 saturated heterocycles. The van der Waals surface area contributed by atoms with Crippen molar-refractivity contribution in [2.45, 2.75) is 19.3 Å². The summed E-state index contributed by atoms with van der Waals surface area (Å²) in [6.45, 7) is 2.14. The molecule has 2 amide bonds. The number of hydrogen-bond acceptors (Lipinski definition) is 5. The van der Waals surface area contributed by atoms with Gasteiger partial charge in [-0.15, -0.1) is 0 Å². The summed E-state index contributed by atoms with van der Waals surface area (Å²) in [6.07, 6.45) is 3.71.